The summed E-state index contributed by atoms with van der Waals surface area (Å²) in [4.78, 5) is 14.1. The molecule has 0 spiro atoms. The van der Waals surface area contributed by atoms with Crippen molar-refractivity contribution in [2.45, 2.75) is 26.2 Å². The van der Waals surface area contributed by atoms with Crippen LogP contribution in [-0.4, -0.2) is 17.6 Å². The van der Waals surface area contributed by atoms with Gasteiger partial charge in [0.05, 0.1) is 6.61 Å². The molecule has 1 N–H and O–H groups in total. The van der Waals surface area contributed by atoms with Crippen molar-refractivity contribution in [3.8, 4) is 0 Å². The van der Waals surface area contributed by atoms with Gasteiger partial charge in [-0.15, -0.1) is 0 Å². The number of hydrogen-bond acceptors (Lipinski definition) is 2. The van der Waals surface area contributed by atoms with E-state index in [0.717, 1.165) is 25.0 Å². The zero-order valence-corrected chi connectivity index (χ0v) is 8.02. The number of carbonyl (C=O) groups excluding carboxylic acids is 1. The van der Waals surface area contributed by atoms with Crippen LogP contribution in [0, 0.1) is 5.82 Å². The van der Waals surface area contributed by atoms with Gasteiger partial charge in [-0.1, -0.05) is 0 Å². The van der Waals surface area contributed by atoms with E-state index >= 15 is 0 Å². The summed E-state index contributed by atoms with van der Waals surface area (Å²) >= 11 is 0. The smallest absolute Gasteiger partial charge is 0.357 e. The van der Waals surface area contributed by atoms with E-state index < -0.39 is 11.8 Å². The molecule has 1 aromatic heterocycles. The van der Waals surface area contributed by atoms with Crippen molar-refractivity contribution in [2.75, 3.05) is 6.61 Å². The highest BCUT2D eigenvalue weighted by Crippen LogP contribution is 2.26. The molecule has 0 fully saturated rings. The molecule has 0 bridgehead atoms. The van der Waals surface area contributed by atoms with E-state index in [0.29, 0.717) is 5.56 Å². The number of fused-ring (bicyclic) bond motifs is 1. The number of nitrogens with one attached hydrogen (secondary N) is 1. The standard InChI is InChI=1S/C10H12FNO2/c1-2-14-10(13)9-8(11)6-4-3-5-7(6)12-9/h12H,2-5H2,1H3. The summed E-state index contributed by atoms with van der Waals surface area (Å²) in [5, 5.41) is 0. The van der Waals surface area contributed by atoms with Crippen LogP contribution in [0.3, 0.4) is 0 Å². The normalized spacial score (nSPS) is 14.1. The third-order valence-electron chi connectivity index (χ3n) is 2.46. The molecular weight excluding hydrogens is 185 g/mol. The summed E-state index contributed by atoms with van der Waals surface area (Å²) in [7, 11) is 0. The Morgan fingerprint density at radius 2 is 2.36 bits per heavy atom. The van der Waals surface area contributed by atoms with Crippen molar-refractivity contribution in [1.82, 2.24) is 4.98 Å². The summed E-state index contributed by atoms with van der Waals surface area (Å²) in [5.74, 6) is -1.02. The maximum atomic E-state index is 13.6. The third kappa shape index (κ3) is 1.31. The fraction of sp³-hybridized carbons (Fsp3) is 0.500. The lowest BCUT2D eigenvalue weighted by Gasteiger charge is -1.99. The Kier molecular flexibility index (Phi) is 2.27. The third-order valence-corrected chi connectivity index (χ3v) is 2.46. The number of aromatic nitrogens is 1. The molecule has 0 saturated carbocycles. The largest absolute Gasteiger partial charge is 0.461 e. The van der Waals surface area contributed by atoms with Gasteiger partial charge < -0.3 is 9.72 Å². The number of esters is 1. The molecule has 0 aromatic carbocycles. The van der Waals surface area contributed by atoms with Crippen molar-refractivity contribution in [3.63, 3.8) is 0 Å². The molecule has 1 heterocycles. The second-order valence-electron chi connectivity index (χ2n) is 3.35. The van der Waals surface area contributed by atoms with Crippen molar-refractivity contribution >= 4 is 5.97 Å². The monoisotopic (exact) mass is 197 g/mol. The minimum atomic E-state index is -0.598. The Balaban J connectivity index is 2.32. The Hall–Kier alpha value is -1.32. The molecule has 1 aliphatic carbocycles. The number of aromatic amines is 1. The van der Waals surface area contributed by atoms with E-state index in [1.807, 2.05) is 0 Å². The summed E-state index contributed by atoms with van der Waals surface area (Å²) in [6, 6.07) is 0. The molecule has 3 nitrogen and oxygen atoms in total. The quantitative estimate of drug-likeness (QED) is 0.735. The molecule has 0 unspecified atom stereocenters. The van der Waals surface area contributed by atoms with Crippen LogP contribution in [-0.2, 0) is 17.6 Å². The molecule has 0 saturated heterocycles. The van der Waals surface area contributed by atoms with Crippen LogP contribution >= 0.6 is 0 Å². The summed E-state index contributed by atoms with van der Waals surface area (Å²) in [6.45, 7) is 1.97. The second-order valence-corrected chi connectivity index (χ2v) is 3.35. The van der Waals surface area contributed by atoms with Crippen molar-refractivity contribution < 1.29 is 13.9 Å². The fourth-order valence-corrected chi connectivity index (χ4v) is 1.82. The number of ether oxygens (including phenoxy) is 1. The molecule has 0 aliphatic heterocycles. The van der Waals surface area contributed by atoms with Gasteiger partial charge >= 0.3 is 5.97 Å². The molecule has 1 aliphatic rings. The Morgan fingerprint density at radius 1 is 1.57 bits per heavy atom. The van der Waals surface area contributed by atoms with Crippen LogP contribution in [0.2, 0.25) is 0 Å². The number of halogens is 1. The molecule has 0 atom stereocenters. The predicted molar refractivity (Wildman–Crippen MR) is 48.7 cm³/mol. The van der Waals surface area contributed by atoms with Crippen LogP contribution in [0.4, 0.5) is 4.39 Å². The van der Waals surface area contributed by atoms with Crippen LogP contribution in [0.1, 0.15) is 35.1 Å². The van der Waals surface area contributed by atoms with E-state index in [2.05, 4.69) is 4.98 Å². The van der Waals surface area contributed by atoms with E-state index in [4.69, 9.17) is 4.74 Å². The first kappa shape index (κ1) is 9.24. The summed E-state index contributed by atoms with van der Waals surface area (Å²) < 4.78 is 18.3. The Bertz CT molecular complexity index is 370. The number of hydrogen-bond donors (Lipinski definition) is 1. The molecular formula is C10H12FNO2. The van der Waals surface area contributed by atoms with Crippen LogP contribution in [0.25, 0.3) is 0 Å². The molecule has 14 heavy (non-hydrogen) atoms. The highest BCUT2D eigenvalue weighted by atomic mass is 19.1. The van der Waals surface area contributed by atoms with Crippen LogP contribution < -0.4 is 0 Å². The predicted octanol–water partition coefficient (Wildman–Crippen LogP) is 1.82. The van der Waals surface area contributed by atoms with Crippen molar-refractivity contribution in [1.29, 1.82) is 0 Å². The lowest BCUT2D eigenvalue weighted by atomic mass is 10.2. The van der Waals surface area contributed by atoms with E-state index in [-0.39, 0.29) is 12.3 Å². The molecule has 0 radical (unpaired) electrons. The molecule has 0 amide bonds. The first-order valence-electron chi connectivity index (χ1n) is 4.80. The van der Waals surface area contributed by atoms with E-state index in [1.54, 1.807) is 6.92 Å². The minimum absolute atomic E-state index is 0.0171. The van der Waals surface area contributed by atoms with Gasteiger partial charge in [0.2, 0.25) is 0 Å². The van der Waals surface area contributed by atoms with Gasteiger partial charge in [0.25, 0.3) is 0 Å². The fourth-order valence-electron chi connectivity index (χ4n) is 1.82. The van der Waals surface area contributed by atoms with Gasteiger partial charge in [0.15, 0.2) is 11.5 Å². The molecule has 76 valence electrons. The maximum Gasteiger partial charge on any atom is 0.357 e. The zero-order valence-electron chi connectivity index (χ0n) is 8.02. The first-order valence-corrected chi connectivity index (χ1v) is 4.80. The molecule has 1 aromatic rings. The maximum absolute atomic E-state index is 13.6. The molecule has 4 heteroatoms. The van der Waals surface area contributed by atoms with Crippen molar-refractivity contribution in [2.24, 2.45) is 0 Å². The highest BCUT2D eigenvalue weighted by Gasteiger charge is 2.25. The first-order chi connectivity index (χ1) is 6.74. The van der Waals surface area contributed by atoms with Crippen LogP contribution in [0.5, 0.6) is 0 Å². The zero-order chi connectivity index (χ0) is 10.1. The summed E-state index contributed by atoms with van der Waals surface area (Å²) in [5.41, 5.74) is 1.50. The topological polar surface area (TPSA) is 42.1 Å². The van der Waals surface area contributed by atoms with Gasteiger partial charge in [-0.25, -0.2) is 9.18 Å². The van der Waals surface area contributed by atoms with Gasteiger partial charge in [-0.05, 0) is 26.2 Å². The summed E-state index contributed by atoms with van der Waals surface area (Å²) in [6.07, 6.45) is 2.50. The van der Waals surface area contributed by atoms with Gasteiger partial charge in [0.1, 0.15) is 0 Å². The lowest BCUT2D eigenvalue weighted by Crippen LogP contribution is -2.07. The Morgan fingerprint density at radius 3 is 3.00 bits per heavy atom. The van der Waals surface area contributed by atoms with E-state index in [9.17, 15) is 9.18 Å². The van der Waals surface area contributed by atoms with Gasteiger partial charge in [-0.2, -0.15) is 0 Å². The average Bonchev–Trinajstić information content (AvgIpc) is 2.69. The van der Waals surface area contributed by atoms with Crippen molar-refractivity contribution in [3.05, 3.63) is 22.8 Å². The lowest BCUT2D eigenvalue weighted by molar-refractivity contribution is 0.0514. The number of rotatable bonds is 2. The second kappa shape index (κ2) is 3.44. The Labute approximate surface area is 81.3 Å². The molecule has 2 rings (SSSR count). The number of H-pyrrole nitrogens is 1. The van der Waals surface area contributed by atoms with Crippen LogP contribution in [0.15, 0.2) is 0 Å². The minimum Gasteiger partial charge on any atom is -0.461 e. The highest BCUT2D eigenvalue weighted by molar-refractivity contribution is 5.88. The number of aryl methyl sites for hydroxylation is 1. The SMILES string of the molecule is CCOC(=O)c1[nH]c2c(c1F)CCC2. The number of carbonyl (C=O) groups is 1. The van der Waals surface area contributed by atoms with E-state index in [1.165, 1.54) is 0 Å². The van der Waals surface area contributed by atoms with Gasteiger partial charge in [0, 0.05) is 11.3 Å². The van der Waals surface area contributed by atoms with Gasteiger partial charge in [-0.3, -0.25) is 0 Å². The average molecular weight is 197 g/mol.